The Labute approximate surface area is 200 Å². The first-order valence-corrected chi connectivity index (χ1v) is 11.0. The molecule has 0 fully saturated rings. The zero-order valence-corrected chi connectivity index (χ0v) is 19.1. The van der Waals surface area contributed by atoms with Crippen LogP contribution in [0.4, 0.5) is 13.2 Å². The number of rotatable bonds is 7. The number of nitrogens with zero attached hydrogens (tertiary/aromatic N) is 4. The minimum Gasteiger partial charge on any atom is -0.475 e. The van der Waals surface area contributed by atoms with Crippen molar-refractivity contribution in [2.45, 2.75) is 39.2 Å². The molecule has 1 amide bonds. The van der Waals surface area contributed by atoms with Gasteiger partial charge in [-0.3, -0.25) is 4.79 Å². The van der Waals surface area contributed by atoms with E-state index in [0.29, 0.717) is 31.9 Å². The number of hydrogen-bond acceptors (Lipinski definition) is 5. The highest BCUT2D eigenvalue weighted by molar-refractivity contribution is 5.94. The van der Waals surface area contributed by atoms with E-state index in [2.05, 4.69) is 46.8 Å². The third-order valence-electron chi connectivity index (χ3n) is 5.50. The second-order valence-electron chi connectivity index (χ2n) is 7.97. The number of aromatic nitrogens is 3. The molecule has 1 aliphatic heterocycles. The lowest BCUT2D eigenvalue weighted by atomic mass is 10.1. The van der Waals surface area contributed by atoms with Crippen molar-refractivity contribution in [1.29, 1.82) is 0 Å². The fraction of sp³-hybridized carbons (Fsp3) is 0.333. The summed E-state index contributed by atoms with van der Waals surface area (Å²) in [4.78, 5) is 23.8. The highest BCUT2D eigenvalue weighted by atomic mass is 19.4. The largest absolute Gasteiger partial charge is 0.490 e. The van der Waals surface area contributed by atoms with Crippen molar-refractivity contribution >= 4 is 11.9 Å². The second kappa shape index (κ2) is 11.6. The van der Waals surface area contributed by atoms with Crippen LogP contribution in [0.25, 0.3) is 0 Å². The van der Waals surface area contributed by atoms with Crippen molar-refractivity contribution in [3.05, 3.63) is 82.7 Å². The maximum absolute atomic E-state index is 13.0. The summed E-state index contributed by atoms with van der Waals surface area (Å²) in [5, 5.41) is 19.0. The third kappa shape index (κ3) is 7.12. The first-order valence-electron chi connectivity index (χ1n) is 11.0. The summed E-state index contributed by atoms with van der Waals surface area (Å²) in [7, 11) is 0. The highest BCUT2D eigenvalue weighted by Crippen LogP contribution is 2.16. The molecule has 0 saturated heterocycles. The van der Waals surface area contributed by atoms with Crippen LogP contribution in [0.15, 0.2) is 54.6 Å². The Bertz CT molecular complexity index is 1150. The molecule has 11 heteroatoms. The number of carbonyl (C=O) groups excluding carboxylic acids is 1. The Balaban J connectivity index is 0.000000429. The number of aliphatic carboxylic acids is 1. The lowest BCUT2D eigenvalue weighted by Gasteiger charge is -2.27. The van der Waals surface area contributed by atoms with Crippen LogP contribution in [-0.4, -0.2) is 56.1 Å². The Kier molecular flexibility index (Phi) is 8.58. The summed E-state index contributed by atoms with van der Waals surface area (Å²) in [6, 6.07) is 18.6. The van der Waals surface area contributed by atoms with E-state index in [9.17, 15) is 18.0 Å². The van der Waals surface area contributed by atoms with Gasteiger partial charge >= 0.3 is 12.1 Å². The number of alkyl halides is 3. The molecule has 2 heterocycles. The van der Waals surface area contributed by atoms with Gasteiger partial charge in [0, 0.05) is 26.2 Å². The van der Waals surface area contributed by atoms with Crippen LogP contribution in [-0.2, 0) is 30.8 Å². The van der Waals surface area contributed by atoms with E-state index in [1.807, 2.05) is 35.2 Å². The summed E-state index contributed by atoms with van der Waals surface area (Å²) in [5.74, 6) is -2.73. The highest BCUT2D eigenvalue weighted by Gasteiger charge is 2.38. The van der Waals surface area contributed by atoms with Gasteiger partial charge in [-0.2, -0.15) is 13.2 Å². The predicted molar refractivity (Wildman–Crippen MR) is 121 cm³/mol. The Morgan fingerprint density at radius 2 is 1.71 bits per heavy atom. The predicted octanol–water partition coefficient (Wildman–Crippen LogP) is 3.21. The van der Waals surface area contributed by atoms with Gasteiger partial charge in [0.1, 0.15) is 5.69 Å². The van der Waals surface area contributed by atoms with Crippen molar-refractivity contribution < 1.29 is 27.9 Å². The Hall–Kier alpha value is -3.73. The molecule has 0 unspecified atom stereocenters. The summed E-state index contributed by atoms with van der Waals surface area (Å²) < 4.78 is 33.5. The number of carboxylic acid groups (broad SMARTS) is 1. The van der Waals surface area contributed by atoms with E-state index in [-0.39, 0.29) is 5.91 Å². The van der Waals surface area contributed by atoms with E-state index >= 15 is 0 Å². The van der Waals surface area contributed by atoms with Crippen molar-refractivity contribution in [1.82, 2.24) is 25.2 Å². The van der Waals surface area contributed by atoms with Crippen LogP contribution in [0.3, 0.4) is 0 Å². The zero-order chi connectivity index (χ0) is 25.4. The van der Waals surface area contributed by atoms with Crippen LogP contribution in [0, 0.1) is 6.92 Å². The average Bonchev–Trinajstić information content (AvgIpc) is 3.24. The van der Waals surface area contributed by atoms with Gasteiger partial charge in [0.25, 0.3) is 5.91 Å². The lowest BCUT2D eigenvalue weighted by molar-refractivity contribution is -0.192. The maximum atomic E-state index is 13.0. The van der Waals surface area contributed by atoms with Gasteiger partial charge in [0.15, 0.2) is 5.69 Å². The number of carbonyl (C=O) groups is 2. The smallest absolute Gasteiger partial charge is 0.475 e. The van der Waals surface area contributed by atoms with E-state index in [1.54, 1.807) is 4.68 Å². The minimum atomic E-state index is -5.08. The number of fused-ring (bicyclic) bond motifs is 1. The molecule has 186 valence electrons. The molecule has 1 aromatic heterocycles. The van der Waals surface area contributed by atoms with E-state index in [1.165, 1.54) is 16.7 Å². The standard InChI is InChI=1S/C22H25N5O.C2HF3O2/c1-17-7-5-6-10-19(17)15-23-16-20-21-22(28)26(13-14-27(21)25-24-20)12-11-18-8-3-2-4-9-18;3-2(4,5)1(6)7/h2-10,23H,11-16H2,1H3;(H,6,7). The van der Waals surface area contributed by atoms with E-state index < -0.39 is 12.1 Å². The van der Waals surface area contributed by atoms with Gasteiger partial charge in [0.2, 0.25) is 0 Å². The van der Waals surface area contributed by atoms with Gasteiger partial charge in [-0.1, -0.05) is 59.8 Å². The first kappa shape index (κ1) is 25.9. The van der Waals surface area contributed by atoms with Crippen molar-refractivity contribution in [2.75, 3.05) is 13.1 Å². The van der Waals surface area contributed by atoms with Gasteiger partial charge in [-0.05, 0) is 30.0 Å². The summed E-state index contributed by atoms with van der Waals surface area (Å²) in [6.07, 6.45) is -4.23. The fourth-order valence-electron chi connectivity index (χ4n) is 3.57. The zero-order valence-electron chi connectivity index (χ0n) is 19.1. The van der Waals surface area contributed by atoms with Crippen molar-refractivity contribution in [3.8, 4) is 0 Å². The van der Waals surface area contributed by atoms with Crippen LogP contribution >= 0.6 is 0 Å². The molecular weight excluding hydrogens is 463 g/mol. The number of benzene rings is 2. The van der Waals surface area contributed by atoms with Gasteiger partial charge < -0.3 is 15.3 Å². The van der Waals surface area contributed by atoms with Crippen molar-refractivity contribution in [3.63, 3.8) is 0 Å². The third-order valence-corrected chi connectivity index (χ3v) is 5.50. The molecule has 8 nitrogen and oxygen atoms in total. The quantitative estimate of drug-likeness (QED) is 0.529. The molecule has 0 spiro atoms. The molecule has 0 bridgehead atoms. The number of aryl methyl sites for hydroxylation is 1. The molecule has 0 radical (unpaired) electrons. The summed E-state index contributed by atoms with van der Waals surface area (Å²) >= 11 is 0. The normalized spacial score (nSPS) is 13.1. The Morgan fingerprint density at radius 1 is 1.06 bits per heavy atom. The lowest BCUT2D eigenvalue weighted by Crippen LogP contribution is -2.42. The molecule has 35 heavy (non-hydrogen) atoms. The van der Waals surface area contributed by atoms with Crippen LogP contribution < -0.4 is 5.32 Å². The molecule has 0 saturated carbocycles. The van der Waals surface area contributed by atoms with Crippen LogP contribution in [0.5, 0.6) is 0 Å². The van der Waals surface area contributed by atoms with Gasteiger partial charge in [0.05, 0.1) is 6.54 Å². The molecule has 2 N–H and O–H groups in total. The number of amides is 1. The van der Waals surface area contributed by atoms with Crippen molar-refractivity contribution in [2.24, 2.45) is 0 Å². The molecule has 0 atom stereocenters. The Morgan fingerprint density at radius 3 is 2.37 bits per heavy atom. The molecule has 0 aliphatic carbocycles. The molecular formula is C24H26F3N5O3. The SMILES string of the molecule is Cc1ccccc1CNCc1nnn2c1C(=O)N(CCc1ccccc1)CC2.O=C(O)C(F)(F)F. The molecule has 3 aromatic rings. The molecule has 1 aliphatic rings. The maximum Gasteiger partial charge on any atom is 0.490 e. The minimum absolute atomic E-state index is 0.0277. The second-order valence-corrected chi connectivity index (χ2v) is 7.97. The molecule has 2 aromatic carbocycles. The summed E-state index contributed by atoms with van der Waals surface area (Å²) in [6.45, 7) is 5.46. The van der Waals surface area contributed by atoms with Gasteiger partial charge in [-0.25, -0.2) is 9.48 Å². The first-order chi connectivity index (χ1) is 16.7. The van der Waals surface area contributed by atoms with E-state index in [4.69, 9.17) is 9.90 Å². The molecule has 4 rings (SSSR count). The van der Waals surface area contributed by atoms with Crippen LogP contribution in [0.2, 0.25) is 0 Å². The monoisotopic (exact) mass is 489 g/mol. The topological polar surface area (TPSA) is 100 Å². The van der Waals surface area contributed by atoms with Gasteiger partial charge in [-0.15, -0.1) is 5.10 Å². The summed E-state index contributed by atoms with van der Waals surface area (Å²) in [5.41, 5.74) is 5.09. The number of carboxylic acids is 1. The number of nitrogens with one attached hydrogen (secondary N) is 1. The van der Waals surface area contributed by atoms with E-state index in [0.717, 1.165) is 18.7 Å². The van der Waals surface area contributed by atoms with Crippen LogP contribution in [0.1, 0.15) is 32.9 Å². The number of hydrogen-bond donors (Lipinski definition) is 2. The average molecular weight is 489 g/mol. The number of halogens is 3. The fourth-order valence-corrected chi connectivity index (χ4v) is 3.57.